The van der Waals surface area contributed by atoms with Gasteiger partial charge in [0.05, 0.1) is 6.61 Å². The van der Waals surface area contributed by atoms with Crippen molar-refractivity contribution in [2.75, 3.05) is 33.0 Å². The number of hydrogen-bond acceptors (Lipinski definition) is 4. The standard InChI is InChI=1S/C16H23NO3/c1-2-7-17-8-3-4-13(10-17)11-18-14-5-6-15-16(9-14)20-12-19-15/h5-6,9,13H,2-4,7-8,10-12H2,1H3. The van der Waals surface area contributed by atoms with E-state index in [-0.39, 0.29) is 0 Å². The second-order valence-corrected chi connectivity index (χ2v) is 5.63. The van der Waals surface area contributed by atoms with Crippen LogP contribution < -0.4 is 14.2 Å². The summed E-state index contributed by atoms with van der Waals surface area (Å²) in [6.07, 6.45) is 3.79. The molecule has 0 aliphatic carbocycles. The second kappa shape index (κ2) is 6.35. The molecule has 110 valence electrons. The molecule has 0 radical (unpaired) electrons. The molecule has 1 atom stereocenters. The first-order valence-corrected chi connectivity index (χ1v) is 7.60. The molecule has 3 rings (SSSR count). The number of likely N-dealkylation sites (tertiary alicyclic amines) is 1. The van der Waals surface area contributed by atoms with E-state index < -0.39 is 0 Å². The molecule has 1 aromatic carbocycles. The van der Waals surface area contributed by atoms with E-state index in [0.29, 0.717) is 12.7 Å². The molecule has 2 aliphatic heterocycles. The average molecular weight is 277 g/mol. The monoisotopic (exact) mass is 277 g/mol. The van der Waals surface area contributed by atoms with Gasteiger partial charge in [0, 0.05) is 18.5 Å². The highest BCUT2D eigenvalue weighted by atomic mass is 16.7. The molecule has 1 aromatic rings. The lowest BCUT2D eigenvalue weighted by Crippen LogP contribution is -2.38. The van der Waals surface area contributed by atoms with Gasteiger partial charge in [-0.3, -0.25) is 0 Å². The fourth-order valence-electron chi connectivity index (χ4n) is 2.99. The predicted molar refractivity (Wildman–Crippen MR) is 77.5 cm³/mol. The van der Waals surface area contributed by atoms with Gasteiger partial charge in [-0.05, 0) is 44.5 Å². The van der Waals surface area contributed by atoms with Crippen molar-refractivity contribution < 1.29 is 14.2 Å². The van der Waals surface area contributed by atoms with E-state index in [1.165, 1.54) is 38.9 Å². The average Bonchev–Trinajstić information content (AvgIpc) is 2.93. The summed E-state index contributed by atoms with van der Waals surface area (Å²) >= 11 is 0. The molecule has 0 aromatic heterocycles. The molecule has 20 heavy (non-hydrogen) atoms. The van der Waals surface area contributed by atoms with Crippen molar-refractivity contribution in [1.29, 1.82) is 0 Å². The van der Waals surface area contributed by atoms with Crippen molar-refractivity contribution in [2.45, 2.75) is 26.2 Å². The number of benzene rings is 1. The summed E-state index contributed by atoms with van der Waals surface area (Å²) in [5.41, 5.74) is 0. The third-order valence-electron chi connectivity index (χ3n) is 3.97. The van der Waals surface area contributed by atoms with E-state index in [1.54, 1.807) is 0 Å². The van der Waals surface area contributed by atoms with Crippen LogP contribution in [0.3, 0.4) is 0 Å². The largest absolute Gasteiger partial charge is 0.493 e. The van der Waals surface area contributed by atoms with Gasteiger partial charge in [-0.25, -0.2) is 0 Å². The van der Waals surface area contributed by atoms with E-state index in [9.17, 15) is 0 Å². The molecule has 1 fully saturated rings. The van der Waals surface area contributed by atoms with E-state index in [2.05, 4.69) is 11.8 Å². The van der Waals surface area contributed by atoms with Crippen molar-refractivity contribution in [3.8, 4) is 17.2 Å². The Hall–Kier alpha value is -1.42. The summed E-state index contributed by atoms with van der Waals surface area (Å²) in [6, 6.07) is 5.80. The fraction of sp³-hybridized carbons (Fsp3) is 0.625. The molecule has 4 nitrogen and oxygen atoms in total. The third kappa shape index (κ3) is 3.18. The fourth-order valence-corrected chi connectivity index (χ4v) is 2.99. The summed E-state index contributed by atoms with van der Waals surface area (Å²) < 4.78 is 16.6. The van der Waals surface area contributed by atoms with E-state index in [4.69, 9.17) is 14.2 Å². The van der Waals surface area contributed by atoms with Gasteiger partial charge in [0.25, 0.3) is 0 Å². The van der Waals surface area contributed by atoms with Crippen molar-refractivity contribution in [3.05, 3.63) is 18.2 Å². The van der Waals surface area contributed by atoms with Gasteiger partial charge in [-0.2, -0.15) is 0 Å². The van der Waals surface area contributed by atoms with Crippen LogP contribution in [0.25, 0.3) is 0 Å². The van der Waals surface area contributed by atoms with Gasteiger partial charge >= 0.3 is 0 Å². The number of hydrogen-bond donors (Lipinski definition) is 0. The Morgan fingerprint density at radius 1 is 1.30 bits per heavy atom. The molecular weight excluding hydrogens is 254 g/mol. The van der Waals surface area contributed by atoms with Crippen LogP contribution in [0.1, 0.15) is 26.2 Å². The molecule has 1 unspecified atom stereocenters. The Labute approximate surface area is 120 Å². The summed E-state index contributed by atoms with van der Waals surface area (Å²) in [7, 11) is 0. The van der Waals surface area contributed by atoms with Crippen LogP contribution in [-0.4, -0.2) is 37.9 Å². The minimum absolute atomic E-state index is 0.313. The minimum Gasteiger partial charge on any atom is -0.493 e. The maximum absolute atomic E-state index is 5.93. The quantitative estimate of drug-likeness (QED) is 0.828. The lowest BCUT2D eigenvalue weighted by atomic mass is 9.99. The highest BCUT2D eigenvalue weighted by molar-refractivity contribution is 5.46. The maximum atomic E-state index is 5.93. The number of nitrogens with zero attached hydrogens (tertiary/aromatic N) is 1. The highest BCUT2D eigenvalue weighted by Crippen LogP contribution is 2.35. The smallest absolute Gasteiger partial charge is 0.231 e. The minimum atomic E-state index is 0.313. The van der Waals surface area contributed by atoms with Crippen LogP contribution in [0.4, 0.5) is 0 Å². The molecular formula is C16H23NO3. The first-order valence-electron chi connectivity index (χ1n) is 7.60. The molecule has 0 N–H and O–H groups in total. The summed E-state index contributed by atoms with van der Waals surface area (Å²) in [4.78, 5) is 2.55. The van der Waals surface area contributed by atoms with Gasteiger partial charge in [0.1, 0.15) is 5.75 Å². The van der Waals surface area contributed by atoms with E-state index in [1.807, 2.05) is 18.2 Å². The molecule has 0 saturated carbocycles. The Kier molecular flexibility index (Phi) is 4.31. The topological polar surface area (TPSA) is 30.9 Å². The zero-order valence-electron chi connectivity index (χ0n) is 12.1. The van der Waals surface area contributed by atoms with E-state index in [0.717, 1.165) is 23.9 Å². The Morgan fingerprint density at radius 2 is 2.20 bits per heavy atom. The number of rotatable bonds is 5. The van der Waals surface area contributed by atoms with Crippen LogP contribution in [-0.2, 0) is 0 Å². The zero-order valence-corrected chi connectivity index (χ0v) is 12.1. The number of ether oxygens (including phenoxy) is 3. The molecule has 2 heterocycles. The molecule has 0 spiro atoms. The summed E-state index contributed by atoms with van der Waals surface area (Å²) in [6.45, 7) is 6.97. The molecule has 2 aliphatic rings. The SMILES string of the molecule is CCCN1CCCC(COc2ccc3c(c2)OCO3)C1. The molecule has 4 heteroatoms. The van der Waals surface area contributed by atoms with Crippen molar-refractivity contribution in [3.63, 3.8) is 0 Å². The van der Waals surface area contributed by atoms with Crippen molar-refractivity contribution >= 4 is 0 Å². The highest BCUT2D eigenvalue weighted by Gasteiger charge is 2.20. The molecule has 0 bridgehead atoms. The maximum Gasteiger partial charge on any atom is 0.231 e. The van der Waals surface area contributed by atoms with Crippen LogP contribution in [0, 0.1) is 5.92 Å². The predicted octanol–water partition coefficient (Wildman–Crippen LogP) is 2.92. The summed E-state index contributed by atoms with van der Waals surface area (Å²) in [5, 5.41) is 0. The Balaban J connectivity index is 1.51. The van der Waals surface area contributed by atoms with Crippen molar-refractivity contribution in [1.82, 2.24) is 4.90 Å². The van der Waals surface area contributed by atoms with Crippen LogP contribution >= 0.6 is 0 Å². The number of piperidine rings is 1. The molecule has 1 saturated heterocycles. The zero-order chi connectivity index (χ0) is 13.8. The van der Waals surface area contributed by atoms with Gasteiger partial charge < -0.3 is 19.1 Å². The lowest BCUT2D eigenvalue weighted by Gasteiger charge is -2.32. The Bertz CT molecular complexity index is 447. The molecule has 0 amide bonds. The Morgan fingerprint density at radius 3 is 3.10 bits per heavy atom. The van der Waals surface area contributed by atoms with Gasteiger partial charge in [-0.15, -0.1) is 0 Å². The normalized spacial score (nSPS) is 21.9. The van der Waals surface area contributed by atoms with Crippen molar-refractivity contribution in [2.24, 2.45) is 5.92 Å². The lowest BCUT2D eigenvalue weighted by molar-refractivity contribution is 0.130. The third-order valence-corrected chi connectivity index (χ3v) is 3.97. The van der Waals surface area contributed by atoms with Crippen LogP contribution in [0.2, 0.25) is 0 Å². The number of fused-ring (bicyclic) bond motifs is 1. The van der Waals surface area contributed by atoms with Gasteiger partial charge in [0.15, 0.2) is 11.5 Å². The van der Waals surface area contributed by atoms with Gasteiger partial charge in [0.2, 0.25) is 6.79 Å². The summed E-state index contributed by atoms with van der Waals surface area (Å²) in [5.74, 6) is 3.12. The van der Waals surface area contributed by atoms with E-state index >= 15 is 0 Å². The first kappa shape index (κ1) is 13.6. The second-order valence-electron chi connectivity index (χ2n) is 5.63. The first-order chi connectivity index (χ1) is 9.85. The van der Waals surface area contributed by atoms with Crippen LogP contribution in [0.15, 0.2) is 18.2 Å². The van der Waals surface area contributed by atoms with Crippen LogP contribution in [0.5, 0.6) is 17.2 Å². The van der Waals surface area contributed by atoms with Gasteiger partial charge in [-0.1, -0.05) is 6.92 Å².